The maximum atomic E-state index is 13.2. The van der Waals surface area contributed by atoms with E-state index in [0.717, 1.165) is 16.3 Å². The number of nitrogens with zero attached hydrogens (tertiary/aromatic N) is 2. The summed E-state index contributed by atoms with van der Waals surface area (Å²) in [4.78, 5) is 28.6. The van der Waals surface area contributed by atoms with Gasteiger partial charge in [0.05, 0.1) is 29.2 Å². The Morgan fingerprint density at radius 2 is 2.03 bits per heavy atom. The second kappa shape index (κ2) is 9.78. The Balaban J connectivity index is 2.03. The minimum absolute atomic E-state index is 0.118. The smallest absolute Gasteiger partial charge is 0.404 e. The molecule has 31 heavy (non-hydrogen) atoms. The first-order valence-corrected chi connectivity index (χ1v) is 10.3. The number of hydrogen-bond donors (Lipinski definition) is 2. The molecule has 1 atom stereocenters. The van der Waals surface area contributed by atoms with Gasteiger partial charge in [0.25, 0.3) is 5.56 Å². The number of aryl methyl sites for hydroxylation is 1. The van der Waals surface area contributed by atoms with Gasteiger partial charge in [-0.2, -0.15) is 0 Å². The summed E-state index contributed by atoms with van der Waals surface area (Å²) in [7, 11) is 1.60. The number of carbonyl (C=O) groups is 1. The third-order valence-electron chi connectivity index (χ3n) is 5.20. The van der Waals surface area contributed by atoms with Crippen LogP contribution in [0.5, 0.6) is 5.75 Å². The van der Waals surface area contributed by atoms with Gasteiger partial charge in [-0.25, -0.2) is 4.79 Å². The molecule has 1 amide bonds. The Morgan fingerprint density at radius 1 is 1.26 bits per heavy atom. The van der Waals surface area contributed by atoms with E-state index in [-0.39, 0.29) is 18.2 Å². The maximum absolute atomic E-state index is 13.2. The van der Waals surface area contributed by atoms with Crippen LogP contribution in [0.4, 0.5) is 4.79 Å². The normalized spacial score (nSPS) is 12.4. The molecule has 0 aliphatic carbocycles. The van der Waals surface area contributed by atoms with Crippen LogP contribution in [0.2, 0.25) is 0 Å². The molecule has 0 saturated carbocycles. The van der Waals surface area contributed by atoms with Crippen LogP contribution in [0.25, 0.3) is 21.7 Å². The van der Waals surface area contributed by atoms with E-state index in [1.165, 1.54) is 0 Å². The molecule has 3 rings (SSSR count). The molecule has 2 N–H and O–H groups in total. The number of nitrogens with one attached hydrogen (secondary N) is 1. The second-order valence-corrected chi connectivity index (χ2v) is 8.03. The van der Waals surface area contributed by atoms with Crippen LogP contribution in [0.15, 0.2) is 35.3 Å². The van der Waals surface area contributed by atoms with Crippen LogP contribution in [0.1, 0.15) is 26.0 Å². The third kappa shape index (κ3) is 5.14. The summed E-state index contributed by atoms with van der Waals surface area (Å²) in [5.74, 6) is 0.892. The van der Waals surface area contributed by atoms with Crippen molar-refractivity contribution < 1.29 is 19.4 Å². The summed E-state index contributed by atoms with van der Waals surface area (Å²) < 4.78 is 12.8. The molecular weight excluding hydrogens is 398 g/mol. The molecular formula is C23H29N3O5. The topological polar surface area (TPSA) is 103 Å². The summed E-state index contributed by atoms with van der Waals surface area (Å²) in [5, 5.41) is 14.0. The van der Waals surface area contributed by atoms with Crippen molar-refractivity contribution in [3.63, 3.8) is 0 Å². The van der Waals surface area contributed by atoms with Gasteiger partial charge in [-0.15, -0.1) is 0 Å². The van der Waals surface area contributed by atoms with Gasteiger partial charge in [-0.05, 0) is 42.8 Å². The van der Waals surface area contributed by atoms with Gasteiger partial charge in [-0.3, -0.25) is 9.78 Å². The van der Waals surface area contributed by atoms with E-state index in [2.05, 4.69) is 10.3 Å². The van der Waals surface area contributed by atoms with Gasteiger partial charge in [-0.1, -0.05) is 13.8 Å². The van der Waals surface area contributed by atoms with Crippen molar-refractivity contribution >= 4 is 27.8 Å². The zero-order chi connectivity index (χ0) is 22.5. The zero-order valence-corrected chi connectivity index (χ0v) is 18.3. The fourth-order valence-electron chi connectivity index (χ4n) is 3.87. The molecule has 0 aliphatic heterocycles. The Bertz CT molecular complexity index is 1140. The first-order chi connectivity index (χ1) is 14.8. The Labute approximate surface area is 180 Å². The second-order valence-electron chi connectivity index (χ2n) is 8.03. The molecule has 8 nitrogen and oxygen atoms in total. The first kappa shape index (κ1) is 22.6. The maximum Gasteiger partial charge on any atom is 0.404 e. The number of aromatic nitrogens is 2. The van der Waals surface area contributed by atoms with Gasteiger partial charge in [0.2, 0.25) is 0 Å². The van der Waals surface area contributed by atoms with Gasteiger partial charge in [0, 0.05) is 31.3 Å². The number of rotatable bonds is 9. The fraction of sp³-hybridized carbons (Fsp3) is 0.435. The minimum Gasteiger partial charge on any atom is -0.491 e. The van der Waals surface area contributed by atoms with Gasteiger partial charge in [0.15, 0.2) is 0 Å². The lowest BCUT2D eigenvalue weighted by Crippen LogP contribution is -2.39. The summed E-state index contributed by atoms with van der Waals surface area (Å²) in [6.45, 7) is 6.89. The number of carboxylic acid groups (broad SMARTS) is 1. The lowest BCUT2D eigenvalue weighted by molar-refractivity contribution is 0.176. The molecule has 1 aromatic carbocycles. The highest BCUT2D eigenvalue weighted by Crippen LogP contribution is 2.27. The van der Waals surface area contributed by atoms with Crippen LogP contribution in [-0.2, 0) is 11.3 Å². The number of benzene rings is 1. The van der Waals surface area contributed by atoms with Gasteiger partial charge < -0.3 is 24.5 Å². The lowest BCUT2D eigenvalue weighted by Gasteiger charge is -2.20. The predicted molar refractivity (Wildman–Crippen MR) is 120 cm³/mol. The van der Waals surface area contributed by atoms with Crippen molar-refractivity contribution in [2.75, 3.05) is 20.3 Å². The van der Waals surface area contributed by atoms with Crippen LogP contribution in [0, 0.1) is 12.8 Å². The molecule has 2 aromatic heterocycles. The Kier molecular flexibility index (Phi) is 7.12. The number of hydrogen-bond acceptors (Lipinski definition) is 5. The van der Waals surface area contributed by atoms with Crippen molar-refractivity contribution in [2.24, 2.45) is 5.92 Å². The van der Waals surface area contributed by atoms with Crippen molar-refractivity contribution in [3.05, 3.63) is 46.5 Å². The SMILES string of the molecule is COCCn1c(=O)c2c(C)nccc2c2ccc(OCC(CC(C)C)NC(=O)O)cc21. The van der Waals surface area contributed by atoms with E-state index in [4.69, 9.17) is 14.6 Å². The van der Waals surface area contributed by atoms with Crippen molar-refractivity contribution in [1.29, 1.82) is 0 Å². The molecule has 2 heterocycles. The van der Waals surface area contributed by atoms with Crippen molar-refractivity contribution in [2.45, 2.75) is 39.8 Å². The van der Waals surface area contributed by atoms with Crippen LogP contribution >= 0.6 is 0 Å². The lowest BCUT2D eigenvalue weighted by atomic mass is 10.0. The Hall–Kier alpha value is -3.13. The monoisotopic (exact) mass is 427 g/mol. The van der Waals surface area contributed by atoms with Crippen molar-refractivity contribution in [1.82, 2.24) is 14.9 Å². The van der Waals surface area contributed by atoms with E-state index in [9.17, 15) is 9.59 Å². The van der Waals surface area contributed by atoms with Crippen LogP contribution < -0.4 is 15.6 Å². The molecule has 0 bridgehead atoms. The van der Waals surface area contributed by atoms with E-state index >= 15 is 0 Å². The van der Waals surface area contributed by atoms with E-state index in [1.807, 2.05) is 45.0 Å². The largest absolute Gasteiger partial charge is 0.491 e. The number of fused-ring (bicyclic) bond motifs is 3. The first-order valence-electron chi connectivity index (χ1n) is 10.3. The fourth-order valence-corrected chi connectivity index (χ4v) is 3.87. The predicted octanol–water partition coefficient (Wildman–Crippen LogP) is 3.57. The van der Waals surface area contributed by atoms with Gasteiger partial charge >= 0.3 is 6.09 Å². The van der Waals surface area contributed by atoms with Crippen LogP contribution in [-0.4, -0.2) is 47.1 Å². The summed E-state index contributed by atoms with van der Waals surface area (Å²) in [6.07, 6.45) is 1.29. The highest BCUT2D eigenvalue weighted by Gasteiger charge is 2.16. The standard InChI is InChI=1S/C23H29N3O5/c1-14(2)11-16(25-23(28)29)13-31-17-5-6-18-19-7-8-24-15(3)21(19)22(27)26(9-10-30-4)20(18)12-17/h5-8,12,14,16,25H,9-11,13H2,1-4H3,(H,28,29). The highest BCUT2D eigenvalue weighted by molar-refractivity contribution is 6.06. The van der Waals surface area contributed by atoms with Crippen LogP contribution in [0.3, 0.4) is 0 Å². The average molecular weight is 428 g/mol. The molecule has 0 aliphatic rings. The van der Waals surface area contributed by atoms with Gasteiger partial charge in [0.1, 0.15) is 12.4 Å². The molecule has 0 spiro atoms. The van der Waals surface area contributed by atoms with E-state index in [0.29, 0.717) is 42.3 Å². The Morgan fingerprint density at radius 3 is 2.71 bits per heavy atom. The quantitative estimate of drug-likeness (QED) is 0.506. The molecule has 0 radical (unpaired) electrons. The number of methoxy groups -OCH3 is 1. The summed E-state index contributed by atoms with van der Waals surface area (Å²) >= 11 is 0. The summed E-state index contributed by atoms with van der Waals surface area (Å²) in [6, 6.07) is 7.12. The number of amides is 1. The minimum atomic E-state index is -1.07. The third-order valence-corrected chi connectivity index (χ3v) is 5.20. The zero-order valence-electron chi connectivity index (χ0n) is 18.3. The summed E-state index contributed by atoms with van der Waals surface area (Å²) in [5.41, 5.74) is 1.31. The van der Waals surface area contributed by atoms with Crippen molar-refractivity contribution in [3.8, 4) is 5.75 Å². The molecule has 166 valence electrons. The molecule has 0 saturated heterocycles. The average Bonchev–Trinajstić information content (AvgIpc) is 2.71. The molecule has 1 unspecified atom stereocenters. The molecule has 0 fully saturated rings. The van der Waals surface area contributed by atoms with E-state index < -0.39 is 6.09 Å². The number of ether oxygens (including phenoxy) is 2. The highest BCUT2D eigenvalue weighted by atomic mass is 16.5. The molecule has 8 heteroatoms. The van der Waals surface area contributed by atoms with E-state index in [1.54, 1.807) is 17.9 Å². The number of pyridine rings is 2. The molecule has 3 aromatic rings.